The third kappa shape index (κ3) is 6.64. The number of para-hydroxylation sites is 1. The van der Waals surface area contributed by atoms with Crippen LogP contribution in [0.4, 0.5) is 0 Å². The van der Waals surface area contributed by atoms with E-state index in [4.69, 9.17) is 0 Å². The third-order valence-corrected chi connectivity index (χ3v) is 9.68. The number of likely N-dealkylation sites (tertiary alicyclic amines) is 1. The van der Waals surface area contributed by atoms with Crippen LogP contribution in [-0.2, 0) is 39.2 Å². The van der Waals surface area contributed by atoms with Gasteiger partial charge in [-0.2, -0.15) is 0 Å². The van der Waals surface area contributed by atoms with Gasteiger partial charge in [0.15, 0.2) is 0 Å². The molecule has 2 aliphatic rings. The molecule has 13 heteroatoms. The van der Waals surface area contributed by atoms with Gasteiger partial charge in [0, 0.05) is 48.4 Å². The lowest BCUT2D eigenvalue weighted by Crippen LogP contribution is -2.58. The molecule has 2 aliphatic heterocycles. The summed E-state index contributed by atoms with van der Waals surface area (Å²) in [6, 6.07) is 14.5. The Morgan fingerprint density at radius 2 is 1.74 bits per heavy atom. The fourth-order valence-electron chi connectivity index (χ4n) is 6.15. The summed E-state index contributed by atoms with van der Waals surface area (Å²) in [7, 11) is 1.97. The van der Waals surface area contributed by atoms with Crippen LogP contribution in [0.1, 0.15) is 37.6 Å². The van der Waals surface area contributed by atoms with Crippen LogP contribution in [0.15, 0.2) is 71.9 Å². The predicted octanol–water partition coefficient (Wildman–Crippen LogP) is 2.20. The topological polar surface area (TPSA) is 143 Å². The molecule has 4 amide bonds. The number of carbonyl (C=O) groups excluding carboxylic acids is 4. The SMILES string of the molecule is CC(C)[C@@H]1NC(=O)[C@@H]2C[C@@H](CN2C(=O)CSc2cn(C)c3ccccc23)n2cc(nn2)CNC(=O)[C@@H](Cc2ccccc2)NC1=O. The molecule has 1 saturated heterocycles. The largest absolute Gasteiger partial charge is 0.349 e. The van der Waals surface area contributed by atoms with Crippen LogP contribution >= 0.6 is 11.8 Å². The molecule has 2 aromatic heterocycles. The molecule has 4 atom stereocenters. The average molecular weight is 643 g/mol. The first-order valence-corrected chi connectivity index (χ1v) is 16.5. The Morgan fingerprint density at radius 3 is 2.52 bits per heavy atom. The second-order valence-corrected chi connectivity index (χ2v) is 13.3. The molecule has 0 aliphatic carbocycles. The Morgan fingerprint density at radius 1 is 0.978 bits per heavy atom. The number of thioether (sulfide) groups is 1. The molecule has 0 radical (unpaired) electrons. The lowest BCUT2D eigenvalue weighted by atomic mass is 10.00. The van der Waals surface area contributed by atoms with Crippen molar-refractivity contribution >= 4 is 46.3 Å². The quantitative estimate of drug-likeness (QED) is 0.274. The Hall–Kier alpha value is -4.65. The summed E-state index contributed by atoms with van der Waals surface area (Å²) in [5, 5.41) is 18.3. The highest BCUT2D eigenvalue weighted by molar-refractivity contribution is 8.00. The van der Waals surface area contributed by atoms with Gasteiger partial charge >= 0.3 is 0 Å². The van der Waals surface area contributed by atoms with Gasteiger partial charge in [0.25, 0.3) is 0 Å². The number of carbonyl (C=O) groups is 4. The average Bonchev–Trinajstić information content (AvgIpc) is 3.78. The normalized spacial score (nSPS) is 22.3. The van der Waals surface area contributed by atoms with Crippen molar-refractivity contribution in [2.45, 2.75) is 62.3 Å². The summed E-state index contributed by atoms with van der Waals surface area (Å²) in [4.78, 5) is 57.3. The Labute approximate surface area is 271 Å². The number of nitrogens with zero attached hydrogens (tertiary/aromatic N) is 5. The fourth-order valence-corrected chi connectivity index (χ4v) is 7.16. The maximum atomic E-state index is 13.9. The molecule has 240 valence electrons. The van der Waals surface area contributed by atoms with Gasteiger partial charge < -0.3 is 25.4 Å². The molecule has 0 spiro atoms. The summed E-state index contributed by atoms with van der Waals surface area (Å²) in [6.45, 7) is 4.05. The van der Waals surface area contributed by atoms with Crippen molar-refractivity contribution in [2.24, 2.45) is 13.0 Å². The number of hydrogen-bond acceptors (Lipinski definition) is 7. The number of nitrogens with one attached hydrogen (secondary N) is 3. The molecule has 0 unspecified atom stereocenters. The van der Waals surface area contributed by atoms with E-state index in [1.54, 1.807) is 15.8 Å². The number of amides is 4. The smallest absolute Gasteiger partial charge is 0.243 e. The van der Waals surface area contributed by atoms with E-state index in [1.165, 1.54) is 11.8 Å². The van der Waals surface area contributed by atoms with E-state index in [9.17, 15) is 19.2 Å². The second kappa shape index (κ2) is 13.4. The van der Waals surface area contributed by atoms with Gasteiger partial charge in [-0.15, -0.1) is 16.9 Å². The lowest BCUT2D eigenvalue weighted by molar-refractivity contribution is -0.138. The van der Waals surface area contributed by atoms with Crippen LogP contribution in [-0.4, -0.2) is 78.5 Å². The molecule has 46 heavy (non-hydrogen) atoms. The van der Waals surface area contributed by atoms with Crippen LogP contribution in [0, 0.1) is 5.92 Å². The van der Waals surface area contributed by atoms with Gasteiger partial charge in [0.05, 0.1) is 24.5 Å². The predicted molar refractivity (Wildman–Crippen MR) is 174 cm³/mol. The first-order valence-electron chi connectivity index (χ1n) is 15.5. The van der Waals surface area contributed by atoms with E-state index in [-0.39, 0.29) is 49.0 Å². The number of aromatic nitrogens is 4. The van der Waals surface area contributed by atoms with E-state index in [0.717, 1.165) is 21.4 Å². The zero-order valence-electron chi connectivity index (χ0n) is 26.1. The molecule has 4 bridgehead atoms. The maximum Gasteiger partial charge on any atom is 0.243 e. The lowest BCUT2D eigenvalue weighted by Gasteiger charge is -2.29. The van der Waals surface area contributed by atoms with Crippen molar-refractivity contribution in [1.29, 1.82) is 0 Å². The number of aryl methyl sites for hydroxylation is 1. The van der Waals surface area contributed by atoms with Crippen molar-refractivity contribution in [3.8, 4) is 0 Å². The van der Waals surface area contributed by atoms with Gasteiger partial charge in [-0.25, -0.2) is 4.68 Å². The zero-order valence-corrected chi connectivity index (χ0v) is 26.9. The Balaban J connectivity index is 1.25. The van der Waals surface area contributed by atoms with Crippen LogP contribution in [0.3, 0.4) is 0 Å². The van der Waals surface area contributed by atoms with Gasteiger partial charge in [-0.05, 0) is 17.5 Å². The number of benzene rings is 2. The summed E-state index contributed by atoms with van der Waals surface area (Å²) in [6.07, 6.45) is 4.33. The zero-order chi connectivity index (χ0) is 32.4. The molecular formula is C33H38N8O4S. The van der Waals surface area contributed by atoms with Gasteiger partial charge in [-0.3, -0.25) is 19.2 Å². The fraction of sp³-hybridized carbons (Fsp3) is 0.394. The number of fused-ring (bicyclic) bond motifs is 6. The first kappa shape index (κ1) is 31.3. The molecular weight excluding hydrogens is 604 g/mol. The van der Waals surface area contributed by atoms with Crippen molar-refractivity contribution in [1.82, 2.24) is 40.4 Å². The minimum atomic E-state index is -0.915. The van der Waals surface area contributed by atoms with E-state index < -0.39 is 29.9 Å². The van der Waals surface area contributed by atoms with E-state index in [0.29, 0.717) is 12.1 Å². The van der Waals surface area contributed by atoms with Crippen LogP contribution in [0.2, 0.25) is 0 Å². The molecule has 3 N–H and O–H groups in total. The minimum absolute atomic E-state index is 0.116. The van der Waals surface area contributed by atoms with Gasteiger partial charge in [-0.1, -0.05) is 67.6 Å². The molecule has 4 aromatic rings. The molecule has 2 aromatic carbocycles. The first-order chi connectivity index (χ1) is 22.2. The van der Waals surface area contributed by atoms with Crippen molar-refractivity contribution in [3.63, 3.8) is 0 Å². The molecule has 12 nitrogen and oxygen atoms in total. The molecule has 4 heterocycles. The van der Waals surface area contributed by atoms with Crippen LogP contribution in [0.5, 0.6) is 0 Å². The van der Waals surface area contributed by atoms with E-state index in [1.807, 2.05) is 86.3 Å². The van der Waals surface area contributed by atoms with E-state index in [2.05, 4.69) is 26.3 Å². The van der Waals surface area contributed by atoms with Crippen molar-refractivity contribution in [2.75, 3.05) is 12.3 Å². The van der Waals surface area contributed by atoms with Crippen molar-refractivity contribution in [3.05, 3.63) is 78.2 Å². The highest BCUT2D eigenvalue weighted by Crippen LogP contribution is 2.32. The minimum Gasteiger partial charge on any atom is -0.349 e. The summed E-state index contributed by atoms with van der Waals surface area (Å²) in [5.41, 5.74) is 2.49. The highest BCUT2D eigenvalue weighted by Gasteiger charge is 2.42. The number of hydrogen-bond donors (Lipinski definition) is 3. The van der Waals surface area contributed by atoms with Gasteiger partial charge in [0.1, 0.15) is 23.8 Å². The number of rotatable bonds is 6. The summed E-state index contributed by atoms with van der Waals surface area (Å²) >= 11 is 1.44. The third-order valence-electron chi connectivity index (χ3n) is 8.65. The van der Waals surface area contributed by atoms with Crippen LogP contribution < -0.4 is 16.0 Å². The Kier molecular flexibility index (Phi) is 9.11. The maximum absolute atomic E-state index is 13.9. The second-order valence-electron chi connectivity index (χ2n) is 12.3. The van der Waals surface area contributed by atoms with E-state index >= 15 is 0 Å². The summed E-state index contributed by atoms with van der Waals surface area (Å²) in [5.74, 6) is -1.55. The molecule has 0 saturated carbocycles. The van der Waals surface area contributed by atoms with Crippen molar-refractivity contribution < 1.29 is 19.2 Å². The standard InChI is InChI=1S/C33H38N8O4S/c1-20(2)30-33(45)35-25(13-21-9-5-4-6-10-21)31(43)34-15-22-16-41(38-37-22)23-14-27(32(44)36-30)40(17-23)29(42)19-46-28-18-39(3)26-12-8-7-11-24(26)28/h4-12,16,18,20,23,25,27,30H,13-15,17,19H2,1-3H3,(H,34,43)(H,35,45)(H,36,44)/t23-,25+,27-,30-/m0/s1. The Bertz CT molecular complexity index is 1750. The van der Waals surface area contributed by atoms with Crippen LogP contribution in [0.25, 0.3) is 10.9 Å². The molecule has 6 rings (SSSR count). The monoisotopic (exact) mass is 642 g/mol. The molecule has 1 fully saturated rings. The summed E-state index contributed by atoms with van der Waals surface area (Å²) < 4.78 is 3.70. The van der Waals surface area contributed by atoms with Gasteiger partial charge in [0.2, 0.25) is 23.6 Å². The highest BCUT2D eigenvalue weighted by atomic mass is 32.2.